The van der Waals surface area contributed by atoms with Crippen LogP contribution < -0.4 is 24.3 Å². The lowest BCUT2D eigenvalue weighted by Crippen LogP contribution is -2.37. The summed E-state index contributed by atoms with van der Waals surface area (Å²) in [6.45, 7) is 2.99. The number of amides is 1. The van der Waals surface area contributed by atoms with Crippen molar-refractivity contribution in [1.29, 1.82) is 0 Å². The molecule has 1 amide bonds. The molecule has 1 aliphatic rings. The standard InChI is InChI=1S/C21H25NO6/c1-14(21(24)15-3-8-18-19(13-15)28-12-11-27-18)22-20(23)9-10-26-17-6-4-16(25-2)5-7-17/h3-8,13-14,21,24H,9-12H2,1-2H3,(H,22,23). The van der Waals surface area contributed by atoms with Crippen molar-refractivity contribution < 1.29 is 28.8 Å². The Hall–Kier alpha value is -2.93. The molecule has 1 heterocycles. The number of ether oxygens (including phenoxy) is 4. The molecule has 0 saturated heterocycles. The average molecular weight is 387 g/mol. The maximum Gasteiger partial charge on any atom is 0.223 e. The lowest BCUT2D eigenvalue weighted by Gasteiger charge is -2.23. The molecular formula is C21H25NO6. The zero-order valence-electron chi connectivity index (χ0n) is 16.0. The Morgan fingerprint density at radius 2 is 1.79 bits per heavy atom. The maximum absolute atomic E-state index is 12.1. The topological polar surface area (TPSA) is 86.3 Å². The van der Waals surface area contributed by atoms with Gasteiger partial charge >= 0.3 is 0 Å². The van der Waals surface area contributed by atoms with Crippen LogP contribution in [0.3, 0.4) is 0 Å². The van der Waals surface area contributed by atoms with Crippen LogP contribution in [-0.4, -0.2) is 44.0 Å². The SMILES string of the molecule is COc1ccc(OCCC(=O)NC(C)C(O)c2ccc3c(c2)OCCO3)cc1. The first-order chi connectivity index (χ1) is 13.6. The first kappa shape index (κ1) is 19.8. The summed E-state index contributed by atoms with van der Waals surface area (Å²) in [6, 6.07) is 12.0. The third-order valence-electron chi connectivity index (χ3n) is 4.43. The summed E-state index contributed by atoms with van der Waals surface area (Å²) in [4.78, 5) is 12.1. The van der Waals surface area contributed by atoms with Crippen LogP contribution in [0.1, 0.15) is 25.0 Å². The number of carbonyl (C=O) groups excluding carboxylic acids is 1. The van der Waals surface area contributed by atoms with Gasteiger partial charge < -0.3 is 29.4 Å². The van der Waals surface area contributed by atoms with Crippen molar-refractivity contribution in [3.8, 4) is 23.0 Å². The van der Waals surface area contributed by atoms with E-state index in [1.807, 2.05) is 0 Å². The molecule has 0 bridgehead atoms. The van der Waals surface area contributed by atoms with Crippen LogP contribution in [0, 0.1) is 0 Å². The summed E-state index contributed by atoms with van der Waals surface area (Å²) < 4.78 is 21.7. The molecule has 2 unspecified atom stereocenters. The summed E-state index contributed by atoms with van der Waals surface area (Å²) in [5.74, 6) is 2.48. The first-order valence-electron chi connectivity index (χ1n) is 9.20. The highest BCUT2D eigenvalue weighted by molar-refractivity contribution is 5.76. The minimum atomic E-state index is -0.859. The van der Waals surface area contributed by atoms with Gasteiger partial charge in [0, 0.05) is 0 Å². The van der Waals surface area contributed by atoms with Gasteiger partial charge in [0.25, 0.3) is 0 Å². The number of rotatable bonds is 8. The molecule has 0 aliphatic carbocycles. The first-order valence-corrected chi connectivity index (χ1v) is 9.20. The second-order valence-corrected chi connectivity index (χ2v) is 6.48. The predicted octanol–water partition coefficient (Wildman–Crippen LogP) is 2.47. The minimum Gasteiger partial charge on any atom is -0.497 e. The molecule has 0 fully saturated rings. The highest BCUT2D eigenvalue weighted by atomic mass is 16.6. The smallest absolute Gasteiger partial charge is 0.223 e. The van der Waals surface area contributed by atoms with Gasteiger partial charge in [-0.25, -0.2) is 0 Å². The van der Waals surface area contributed by atoms with Crippen molar-refractivity contribution in [2.75, 3.05) is 26.9 Å². The number of aliphatic hydroxyl groups excluding tert-OH is 1. The average Bonchev–Trinajstić information content (AvgIpc) is 2.73. The van der Waals surface area contributed by atoms with Gasteiger partial charge in [0.2, 0.25) is 5.91 Å². The van der Waals surface area contributed by atoms with Crippen molar-refractivity contribution in [1.82, 2.24) is 5.32 Å². The van der Waals surface area contributed by atoms with Gasteiger partial charge in [0.05, 0.1) is 32.3 Å². The van der Waals surface area contributed by atoms with Crippen LogP contribution in [0.5, 0.6) is 23.0 Å². The van der Waals surface area contributed by atoms with Crippen LogP contribution in [0.4, 0.5) is 0 Å². The van der Waals surface area contributed by atoms with E-state index in [9.17, 15) is 9.90 Å². The second kappa shape index (κ2) is 9.32. The number of carbonyl (C=O) groups is 1. The van der Waals surface area contributed by atoms with Crippen LogP contribution >= 0.6 is 0 Å². The number of hydrogen-bond donors (Lipinski definition) is 2. The molecule has 2 aromatic carbocycles. The van der Waals surface area contributed by atoms with Crippen LogP contribution in [0.2, 0.25) is 0 Å². The van der Waals surface area contributed by atoms with Crippen LogP contribution in [0.15, 0.2) is 42.5 Å². The molecule has 2 N–H and O–H groups in total. The summed E-state index contributed by atoms with van der Waals surface area (Å²) in [5, 5.41) is 13.3. The highest BCUT2D eigenvalue weighted by Gasteiger charge is 2.21. The van der Waals surface area contributed by atoms with Gasteiger partial charge in [-0.05, 0) is 48.9 Å². The van der Waals surface area contributed by atoms with E-state index in [0.29, 0.717) is 36.0 Å². The van der Waals surface area contributed by atoms with Gasteiger partial charge in [-0.15, -0.1) is 0 Å². The Labute approximate surface area is 164 Å². The fourth-order valence-corrected chi connectivity index (χ4v) is 2.87. The fraction of sp³-hybridized carbons (Fsp3) is 0.381. The van der Waals surface area contributed by atoms with E-state index in [1.54, 1.807) is 56.5 Å². The second-order valence-electron chi connectivity index (χ2n) is 6.48. The number of hydrogen-bond acceptors (Lipinski definition) is 6. The van der Waals surface area contributed by atoms with Crippen molar-refractivity contribution in [3.63, 3.8) is 0 Å². The van der Waals surface area contributed by atoms with Crippen LogP contribution in [-0.2, 0) is 4.79 Å². The van der Waals surface area contributed by atoms with Crippen molar-refractivity contribution in [2.24, 2.45) is 0 Å². The van der Waals surface area contributed by atoms with Crippen molar-refractivity contribution in [3.05, 3.63) is 48.0 Å². The lowest BCUT2D eigenvalue weighted by atomic mass is 10.0. The number of methoxy groups -OCH3 is 1. The molecule has 0 radical (unpaired) electrons. The summed E-state index contributed by atoms with van der Waals surface area (Å²) in [5.41, 5.74) is 0.659. The molecule has 1 aliphatic heterocycles. The van der Waals surface area contributed by atoms with Gasteiger partial charge in [0.15, 0.2) is 11.5 Å². The largest absolute Gasteiger partial charge is 0.497 e. The van der Waals surface area contributed by atoms with E-state index in [4.69, 9.17) is 18.9 Å². The van der Waals surface area contributed by atoms with Crippen molar-refractivity contribution >= 4 is 5.91 Å². The Morgan fingerprint density at radius 1 is 1.11 bits per heavy atom. The Kier molecular flexibility index (Phi) is 6.60. The van der Waals surface area contributed by atoms with Gasteiger partial charge in [-0.2, -0.15) is 0 Å². The summed E-state index contributed by atoms with van der Waals surface area (Å²) >= 11 is 0. The normalized spacial score (nSPS) is 14.7. The van der Waals surface area contributed by atoms with Gasteiger partial charge in [-0.3, -0.25) is 4.79 Å². The molecule has 0 spiro atoms. The van der Waals surface area contributed by atoms with E-state index in [-0.39, 0.29) is 18.9 Å². The lowest BCUT2D eigenvalue weighted by molar-refractivity contribution is -0.123. The van der Waals surface area contributed by atoms with E-state index < -0.39 is 12.1 Å². The minimum absolute atomic E-state index is 0.185. The van der Waals surface area contributed by atoms with Crippen molar-refractivity contribution in [2.45, 2.75) is 25.5 Å². The Morgan fingerprint density at radius 3 is 2.50 bits per heavy atom. The molecule has 0 saturated carbocycles. The third kappa shape index (κ3) is 5.07. The third-order valence-corrected chi connectivity index (χ3v) is 4.43. The Bertz CT molecular complexity index is 792. The summed E-state index contributed by atoms with van der Waals surface area (Å²) in [7, 11) is 1.60. The predicted molar refractivity (Wildman–Crippen MR) is 103 cm³/mol. The fourth-order valence-electron chi connectivity index (χ4n) is 2.87. The van der Waals surface area contributed by atoms with E-state index in [2.05, 4.69) is 5.32 Å². The zero-order chi connectivity index (χ0) is 19.9. The molecular weight excluding hydrogens is 362 g/mol. The summed E-state index contributed by atoms with van der Waals surface area (Å²) in [6.07, 6.45) is -0.674. The molecule has 7 nitrogen and oxygen atoms in total. The number of nitrogens with one attached hydrogen (secondary N) is 1. The molecule has 150 valence electrons. The molecule has 3 rings (SSSR count). The monoisotopic (exact) mass is 387 g/mol. The van der Waals surface area contributed by atoms with E-state index in [0.717, 1.165) is 5.75 Å². The number of aliphatic hydroxyl groups is 1. The highest BCUT2D eigenvalue weighted by Crippen LogP contribution is 2.33. The Balaban J connectivity index is 1.46. The van der Waals surface area contributed by atoms with E-state index in [1.165, 1.54) is 0 Å². The molecule has 2 atom stereocenters. The van der Waals surface area contributed by atoms with Gasteiger partial charge in [-0.1, -0.05) is 6.07 Å². The molecule has 28 heavy (non-hydrogen) atoms. The van der Waals surface area contributed by atoms with E-state index >= 15 is 0 Å². The quantitative estimate of drug-likeness (QED) is 0.724. The number of fused-ring (bicyclic) bond motifs is 1. The van der Waals surface area contributed by atoms with Gasteiger partial charge in [0.1, 0.15) is 24.7 Å². The molecule has 7 heteroatoms. The molecule has 0 aromatic heterocycles. The maximum atomic E-state index is 12.1. The zero-order valence-corrected chi connectivity index (χ0v) is 16.0. The number of benzene rings is 2. The van der Waals surface area contributed by atoms with Crippen LogP contribution in [0.25, 0.3) is 0 Å². The molecule has 2 aromatic rings.